The molecule has 4 rings (SSSR count). The Labute approximate surface area is 152 Å². The van der Waals surface area contributed by atoms with Gasteiger partial charge in [-0.15, -0.1) is 0 Å². The molecular formula is C20H21N3O3. The molecule has 0 saturated heterocycles. The van der Waals surface area contributed by atoms with Gasteiger partial charge in [0.05, 0.1) is 20.8 Å². The average Bonchev–Trinajstić information content (AvgIpc) is 3.16. The second-order valence-electron chi connectivity index (χ2n) is 6.31. The van der Waals surface area contributed by atoms with Crippen molar-refractivity contribution in [2.45, 2.75) is 19.5 Å². The Morgan fingerprint density at radius 1 is 1.04 bits per heavy atom. The molecule has 0 radical (unpaired) electrons. The fraction of sp³-hybridized carbons (Fsp3) is 0.300. The Hall–Kier alpha value is -2.86. The molecule has 2 aromatic carbocycles. The Kier molecular flexibility index (Phi) is 4.58. The zero-order valence-corrected chi connectivity index (χ0v) is 14.9. The first-order valence-electron chi connectivity index (χ1n) is 8.61. The number of ether oxygens (including phenoxy) is 2. The van der Waals surface area contributed by atoms with Crippen molar-refractivity contribution in [3.63, 3.8) is 0 Å². The minimum atomic E-state index is 0.629. The maximum atomic E-state index is 5.44. The zero-order chi connectivity index (χ0) is 17.9. The van der Waals surface area contributed by atoms with Gasteiger partial charge < -0.3 is 14.0 Å². The standard InChI is InChI=1S/C20H21N3O3/c1-24-17-10-15-8-9-23(12-16(15)11-18(17)25-2)13-19-21-20(22-26-19)14-6-4-3-5-7-14/h3-7,10-11H,8-9,12-13H2,1-2H3. The first kappa shape index (κ1) is 16.6. The molecular weight excluding hydrogens is 330 g/mol. The number of methoxy groups -OCH3 is 2. The molecule has 0 bridgehead atoms. The van der Waals surface area contributed by atoms with E-state index < -0.39 is 0 Å². The van der Waals surface area contributed by atoms with Crippen LogP contribution in [0.15, 0.2) is 47.0 Å². The molecule has 0 saturated carbocycles. The van der Waals surface area contributed by atoms with Crippen LogP contribution in [0.2, 0.25) is 0 Å². The molecule has 26 heavy (non-hydrogen) atoms. The highest BCUT2D eigenvalue weighted by Gasteiger charge is 2.21. The second kappa shape index (κ2) is 7.17. The molecule has 0 aliphatic carbocycles. The summed E-state index contributed by atoms with van der Waals surface area (Å²) < 4.78 is 16.3. The number of aromatic nitrogens is 2. The van der Waals surface area contributed by atoms with Crippen LogP contribution in [-0.2, 0) is 19.5 Å². The summed E-state index contributed by atoms with van der Waals surface area (Å²) in [6.45, 7) is 2.39. The maximum absolute atomic E-state index is 5.44. The summed E-state index contributed by atoms with van der Waals surface area (Å²) in [5.41, 5.74) is 3.51. The van der Waals surface area contributed by atoms with Crippen LogP contribution in [0, 0.1) is 0 Å². The third kappa shape index (κ3) is 3.28. The van der Waals surface area contributed by atoms with Gasteiger partial charge in [0.25, 0.3) is 0 Å². The first-order chi connectivity index (χ1) is 12.8. The lowest BCUT2D eigenvalue weighted by Crippen LogP contribution is -2.30. The number of fused-ring (bicyclic) bond motifs is 1. The van der Waals surface area contributed by atoms with E-state index >= 15 is 0 Å². The topological polar surface area (TPSA) is 60.6 Å². The van der Waals surface area contributed by atoms with Gasteiger partial charge in [-0.3, -0.25) is 4.90 Å². The van der Waals surface area contributed by atoms with Crippen LogP contribution in [0.5, 0.6) is 11.5 Å². The molecule has 1 aromatic heterocycles. The SMILES string of the molecule is COc1cc2c(cc1OC)CN(Cc1nc(-c3ccccc3)no1)CC2. The fourth-order valence-corrected chi connectivity index (χ4v) is 3.29. The first-order valence-corrected chi connectivity index (χ1v) is 8.61. The predicted molar refractivity (Wildman–Crippen MR) is 97.1 cm³/mol. The average molecular weight is 351 g/mol. The van der Waals surface area contributed by atoms with E-state index in [0.717, 1.165) is 36.6 Å². The van der Waals surface area contributed by atoms with Gasteiger partial charge in [0, 0.05) is 18.7 Å². The van der Waals surface area contributed by atoms with E-state index in [1.165, 1.54) is 11.1 Å². The molecule has 1 aliphatic rings. The zero-order valence-electron chi connectivity index (χ0n) is 14.9. The van der Waals surface area contributed by atoms with Crippen molar-refractivity contribution >= 4 is 0 Å². The number of hydrogen-bond acceptors (Lipinski definition) is 6. The molecule has 0 amide bonds. The number of nitrogens with zero attached hydrogens (tertiary/aromatic N) is 3. The highest BCUT2D eigenvalue weighted by atomic mass is 16.5. The Morgan fingerprint density at radius 2 is 1.77 bits per heavy atom. The Morgan fingerprint density at radius 3 is 2.50 bits per heavy atom. The molecule has 0 fully saturated rings. The van der Waals surface area contributed by atoms with Crippen LogP contribution < -0.4 is 9.47 Å². The van der Waals surface area contributed by atoms with Crippen molar-refractivity contribution in [1.82, 2.24) is 15.0 Å². The lowest BCUT2D eigenvalue weighted by Gasteiger charge is -2.28. The van der Waals surface area contributed by atoms with Gasteiger partial charge in [0.15, 0.2) is 11.5 Å². The van der Waals surface area contributed by atoms with E-state index in [1.807, 2.05) is 30.3 Å². The van der Waals surface area contributed by atoms with E-state index in [-0.39, 0.29) is 0 Å². The lowest BCUT2D eigenvalue weighted by atomic mass is 9.99. The van der Waals surface area contributed by atoms with E-state index in [0.29, 0.717) is 18.3 Å². The Balaban J connectivity index is 1.49. The van der Waals surface area contributed by atoms with Gasteiger partial charge >= 0.3 is 0 Å². The molecule has 134 valence electrons. The molecule has 1 aliphatic heterocycles. The molecule has 0 atom stereocenters. The van der Waals surface area contributed by atoms with Crippen molar-refractivity contribution in [1.29, 1.82) is 0 Å². The summed E-state index contributed by atoms with van der Waals surface area (Å²) in [4.78, 5) is 6.83. The quantitative estimate of drug-likeness (QED) is 0.703. The third-order valence-corrected chi connectivity index (χ3v) is 4.66. The van der Waals surface area contributed by atoms with Gasteiger partial charge in [0.2, 0.25) is 11.7 Å². The maximum Gasteiger partial charge on any atom is 0.241 e. The summed E-state index contributed by atoms with van der Waals surface area (Å²) in [5.74, 6) is 2.80. The van der Waals surface area contributed by atoms with Gasteiger partial charge in [-0.05, 0) is 29.7 Å². The third-order valence-electron chi connectivity index (χ3n) is 4.66. The van der Waals surface area contributed by atoms with E-state index in [2.05, 4.69) is 27.2 Å². The lowest BCUT2D eigenvalue weighted by molar-refractivity contribution is 0.210. The van der Waals surface area contributed by atoms with Crippen molar-refractivity contribution in [3.8, 4) is 22.9 Å². The largest absolute Gasteiger partial charge is 0.493 e. The van der Waals surface area contributed by atoms with Crippen LogP contribution in [0.3, 0.4) is 0 Å². The van der Waals surface area contributed by atoms with Crippen LogP contribution >= 0.6 is 0 Å². The summed E-state index contributed by atoms with van der Waals surface area (Å²) in [7, 11) is 3.33. The van der Waals surface area contributed by atoms with Gasteiger partial charge in [-0.1, -0.05) is 35.5 Å². The van der Waals surface area contributed by atoms with Crippen molar-refractivity contribution < 1.29 is 14.0 Å². The molecule has 6 heteroatoms. The molecule has 2 heterocycles. The smallest absolute Gasteiger partial charge is 0.241 e. The highest BCUT2D eigenvalue weighted by Crippen LogP contribution is 2.33. The summed E-state index contributed by atoms with van der Waals surface area (Å²) in [6.07, 6.45) is 0.954. The molecule has 0 N–H and O–H groups in total. The van der Waals surface area contributed by atoms with Crippen molar-refractivity contribution in [2.75, 3.05) is 20.8 Å². The van der Waals surface area contributed by atoms with E-state index in [4.69, 9.17) is 14.0 Å². The minimum Gasteiger partial charge on any atom is -0.493 e. The molecule has 6 nitrogen and oxygen atoms in total. The van der Waals surface area contributed by atoms with Gasteiger partial charge in [0.1, 0.15) is 0 Å². The van der Waals surface area contributed by atoms with Crippen LogP contribution in [0.4, 0.5) is 0 Å². The monoisotopic (exact) mass is 351 g/mol. The highest BCUT2D eigenvalue weighted by molar-refractivity contribution is 5.53. The number of benzene rings is 2. The number of hydrogen-bond donors (Lipinski definition) is 0. The normalized spacial score (nSPS) is 14.1. The van der Waals surface area contributed by atoms with Crippen LogP contribution in [0.1, 0.15) is 17.0 Å². The molecule has 0 unspecified atom stereocenters. The Bertz CT molecular complexity index is 893. The van der Waals surface area contributed by atoms with Crippen molar-refractivity contribution in [2.24, 2.45) is 0 Å². The van der Waals surface area contributed by atoms with E-state index in [1.54, 1.807) is 14.2 Å². The molecule has 0 spiro atoms. The van der Waals surface area contributed by atoms with Gasteiger partial charge in [-0.2, -0.15) is 4.98 Å². The van der Waals surface area contributed by atoms with Crippen LogP contribution in [-0.4, -0.2) is 35.8 Å². The van der Waals surface area contributed by atoms with Crippen molar-refractivity contribution in [3.05, 3.63) is 59.5 Å². The summed E-state index contributed by atoms with van der Waals surface area (Å²) >= 11 is 0. The second-order valence-corrected chi connectivity index (χ2v) is 6.31. The minimum absolute atomic E-state index is 0.629. The fourth-order valence-electron chi connectivity index (χ4n) is 3.29. The van der Waals surface area contributed by atoms with Crippen LogP contribution in [0.25, 0.3) is 11.4 Å². The predicted octanol–water partition coefficient (Wildman–Crippen LogP) is 3.31. The van der Waals surface area contributed by atoms with Gasteiger partial charge in [-0.25, -0.2) is 0 Å². The van der Waals surface area contributed by atoms with E-state index in [9.17, 15) is 0 Å². The molecule has 3 aromatic rings. The summed E-state index contributed by atoms with van der Waals surface area (Å²) in [5, 5.41) is 4.10. The number of rotatable bonds is 5. The summed E-state index contributed by atoms with van der Waals surface area (Å²) in [6, 6.07) is 14.0.